The van der Waals surface area contributed by atoms with Crippen molar-refractivity contribution in [3.63, 3.8) is 0 Å². The Bertz CT molecular complexity index is 294. The maximum Gasteiger partial charge on any atom is 0.150 e. The fourth-order valence-electron chi connectivity index (χ4n) is 2.30. The highest BCUT2D eigenvalue weighted by molar-refractivity contribution is 7.91. The van der Waals surface area contributed by atoms with E-state index in [4.69, 9.17) is 5.73 Å². The average Bonchev–Trinajstić information content (AvgIpc) is 2.41. The van der Waals surface area contributed by atoms with E-state index in [1.165, 1.54) is 0 Å². The number of halogens is 2. The fourth-order valence-corrected chi connectivity index (χ4v) is 3.91. The number of nitrogens with two attached hydrogens (primary N) is 1. The molecule has 0 saturated carbocycles. The van der Waals surface area contributed by atoms with Gasteiger partial charge in [-0.05, 0) is 19.3 Å². The van der Waals surface area contributed by atoms with Crippen LogP contribution in [-0.4, -0.2) is 38.0 Å². The van der Waals surface area contributed by atoms with Gasteiger partial charge in [0.15, 0.2) is 0 Å². The van der Waals surface area contributed by atoms with E-state index >= 15 is 0 Å². The zero-order valence-corrected chi connectivity index (χ0v) is 10.9. The van der Waals surface area contributed by atoms with Gasteiger partial charge in [0.05, 0.1) is 11.5 Å². The minimum atomic E-state index is -2.74. The molecule has 0 aromatic rings. The van der Waals surface area contributed by atoms with Crippen LogP contribution in [0, 0.1) is 0 Å². The number of sulfone groups is 1. The van der Waals surface area contributed by atoms with Gasteiger partial charge in [0.25, 0.3) is 0 Å². The predicted molar refractivity (Wildman–Crippen MR) is 65.7 cm³/mol. The summed E-state index contributed by atoms with van der Waals surface area (Å²) in [4.78, 5) is 0. The highest BCUT2D eigenvalue weighted by atomic mass is 35.5. The van der Waals surface area contributed by atoms with Crippen LogP contribution >= 0.6 is 24.8 Å². The van der Waals surface area contributed by atoms with Crippen LogP contribution in [0.5, 0.6) is 0 Å². The van der Waals surface area contributed by atoms with Crippen LogP contribution in [0.1, 0.15) is 19.3 Å². The van der Waals surface area contributed by atoms with Gasteiger partial charge >= 0.3 is 0 Å². The Morgan fingerprint density at radius 2 is 1.73 bits per heavy atom. The Morgan fingerprint density at radius 3 is 2.13 bits per heavy atom. The van der Waals surface area contributed by atoms with E-state index in [-0.39, 0.29) is 36.4 Å². The first-order valence-corrected chi connectivity index (χ1v) is 6.55. The van der Waals surface area contributed by atoms with Gasteiger partial charge in [-0.1, -0.05) is 0 Å². The molecule has 0 radical (unpaired) electrons. The summed E-state index contributed by atoms with van der Waals surface area (Å²) < 4.78 is 22.4. The number of rotatable bonds is 0. The van der Waals surface area contributed by atoms with Gasteiger partial charge in [0, 0.05) is 18.1 Å². The molecule has 4 nitrogen and oxygen atoms in total. The second-order valence-electron chi connectivity index (χ2n) is 4.28. The molecule has 0 amide bonds. The van der Waals surface area contributed by atoms with Crippen molar-refractivity contribution in [2.75, 3.05) is 18.1 Å². The number of hydrogen-bond donors (Lipinski definition) is 2. The van der Waals surface area contributed by atoms with Crippen LogP contribution in [0.25, 0.3) is 0 Å². The molecular weight excluding hydrogens is 259 g/mol. The van der Waals surface area contributed by atoms with Crippen LogP contribution in [-0.2, 0) is 9.84 Å². The van der Waals surface area contributed by atoms with Crippen LogP contribution < -0.4 is 11.1 Å². The normalized spacial score (nSPS) is 31.7. The van der Waals surface area contributed by atoms with E-state index in [1.54, 1.807) is 0 Å². The monoisotopic (exact) mass is 276 g/mol. The molecule has 2 fully saturated rings. The third-order valence-electron chi connectivity index (χ3n) is 3.18. The van der Waals surface area contributed by atoms with Crippen molar-refractivity contribution in [2.45, 2.75) is 30.8 Å². The fraction of sp³-hybridized carbons (Fsp3) is 1.00. The van der Waals surface area contributed by atoms with E-state index in [1.807, 2.05) is 0 Å². The molecule has 2 heterocycles. The Kier molecular flexibility index (Phi) is 5.34. The standard InChI is InChI=1S/C8H16N2O2S.2ClH/c9-7-5-8(10-6-7)1-3-13(11,12)4-2-8;;/h7,10H,1-6,9H2;2*1H. The van der Waals surface area contributed by atoms with Crippen molar-refractivity contribution in [2.24, 2.45) is 5.73 Å². The molecule has 1 spiro atoms. The van der Waals surface area contributed by atoms with Gasteiger partial charge in [-0.25, -0.2) is 8.42 Å². The van der Waals surface area contributed by atoms with Crippen LogP contribution in [0.4, 0.5) is 0 Å². The van der Waals surface area contributed by atoms with Gasteiger partial charge in [0.1, 0.15) is 9.84 Å². The quantitative estimate of drug-likeness (QED) is 0.658. The van der Waals surface area contributed by atoms with Gasteiger partial charge in [0.2, 0.25) is 0 Å². The van der Waals surface area contributed by atoms with Crippen LogP contribution in [0.15, 0.2) is 0 Å². The second-order valence-corrected chi connectivity index (χ2v) is 6.58. The van der Waals surface area contributed by atoms with Crippen molar-refractivity contribution in [3.05, 3.63) is 0 Å². The minimum Gasteiger partial charge on any atom is -0.326 e. The molecule has 2 saturated heterocycles. The SMILES string of the molecule is Cl.Cl.NC1CNC2(CCS(=O)(=O)CC2)C1. The lowest BCUT2D eigenvalue weighted by Crippen LogP contribution is -2.46. The molecule has 3 N–H and O–H groups in total. The van der Waals surface area contributed by atoms with E-state index in [9.17, 15) is 8.42 Å². The van der Waals surface area contributed by atoms with Gasteiger partial charge in [-0.2, -0.15) is 0 Å². The first-order valence-electron chi connectivity index (χ1n) is 4.72. The summed E-state index contributed by atoms with van der Waals surface area (Å²) in [5.74, 6) is 0.652. The smallest absolute Gasteiger partial charge is 0.150 e. The molecule has 0 aliphatic carbocycles. The molecule has 2 aliphatic rings. The predicted octanol–water partition coefficient (Wildman–Crippen LogP) is 0.0980. The first kappa shape index (κ1) is 15.4. The Labute approximate surface area is 103 Å². The molecule has 7 heteroatoms. The maximum absolute atomic E-state index is 11.2. The Morgan fingerprint density at radius 1 is 1.20 bits per heavy atom. The van der Waals surface area contributed by atoms with E-state index in [2.05, 4.69) is 5.32 Å². The second kappa shape index (κ2) is 5.19. The zero-order chi connectivity index (χ0) is 9.53. The van der Waals surface area contributed by atoms with Crippen molar-refractivity contribution >= 4 is 34.7 Å². The summed E-state index contributed by atoms with van der Waals surface area (Å²) in [6.07, 6.45) is 2.41. The van der Waals surface area contributed by atoms with Crippen molar-refractivity contribution < 1.29 is 8.42 Å². The average molecular weight is 277 g/mol. The van der Waals surface area contributed by atoms with Crippen molar-refractivity contribution in [1.29, 1.82) is 0 Å². The van der Waals surface area contributed by atoms with Gasteiger partial charge < -0.3 is 11.1 Å². The molecule has 92 valence electrons. The zero-order valence-electron chi connectivity index (χ0n) is 8.44. The van der Waals surface area contributed by atoms with E-state index in [0.29, 0.717) is 11.5 Å². The van der Waals surface area contributed by atoms with Crippen molar-refractivity contribution in [1.82, 2.24) is 5.32 Å². The highest BCUT2D eigenvalue weighted by Crippen LogP contribution is 2.31. The number of hydrogen-bond acceptors (Lipinski definition) is 4. The largest absolute Gasteiger partial charge is 0.326 e. The summed E-state index contributed by atoms with van der Waals surface area (Å²) in [5.41, 5.74) is 5.84. The molecular formula is C8H18Cl2N2O2S. The van der Waals surface area contributed by atoms with Gasteiger partial charge in [-0.3, -0.25) is 0 Å². The highest BCUT2D eigenvalue weighted by Gasteiger charge is 2.41. The molecule has 0 bridgehead atoms. The molecule has 1 atom stereocenters. The maximum atomic E-state index is 11.2. The van der Waals surface area contributed by atoms with Crippen molar-refractivity contribution in [3.8, 4) is 0 Å². The lowest BCUT2D eigenvalue weighted by atomic mass is 9.90. The minimum absolute atomic E-state index is 0. The topological polar surface area (TPSA) is 72.2 Å². The number of nitrogens with one attached hydrogen (secondary N) is 1. The Hall–Kier alpha value is 0.450. The molecule has 0 aromatic heterocycles. The molecule has 1 unspecified atom stereocenters. The molecule has 0 aromatic carbocycles. The van der Waals surface area contributed by atoms with Crippen LogP contribution in [0.2, 0.25) is 0 Å². The van der Waals surface area contributed by atoms with E-state index in [0.717, 1.165) is 25.8 Å². The van der Waals surface area contributed by atoms with Gasteiger partial charge in [-0.15, -0.1) is 24.8 Å². The first-order chi connectivity index (χ1) is 6.02. The summed E-state index contributed by atoms with van der Waals surface area (Å²) in [6.45, 7) is 0.833. The summed E-state index contributed by atoms with van der Waals surface area (Å²) in [5, 5.41) is 3.37. The third kappa shape index (κ3) is 3.46. The lowest BCUT2D eigenvalue weighted by molar-refractivity contribution is 0.336. The van der Waals surface area contributed by atoms with Crippen LogP contribution in [0.3, 0.4) is 0 Å². The summed E-state index contributed by atoms with van der Waals surface area (Å²) >= 11 is 0. The molecule has 2 aliphatic heterocycles. The summed E-state index contributed by atoms with van der Waals surface area (Å²) in [6, 6.07) is 0.209. The Balaban J connectivity index is 0.000000980. The molecule has 2 rings (SSSR count). The lowest BCUT2D eigenvalue weighted by Gasteiger charge is -2.33. The van der Waals surface area contributed by atoms with E-state index < -0.39 is 9.84 Å². The third-order valence-corrected chi connectivity index (χ3v) is 4.83. The molecule has 15 heavy (non-hydrogen) atoms. The summed E-state index contributed by atoms with van der Waals surface area (Å²) in [7, 11) is -2.74.